The molecule has 0 spiro atoms. The van der Waals surface area contributed by atoms with Gasteiger partial charge in [-0.1, -0.05) is 17.7 Å². The molecule has 0 fully saturated rings. The van der Waals surface area contributed by atoms with Gasteiger partial charge in [0.15, 0.2) is 0 Å². The smallest absolute Gasteiger partial charge is 0.273 e. The van der Waals surface area contributed by atoms with Gasteiger partial charge in [0.1, 0.15) is 29.0 Å². The van der Waals surface area contributed by atoms with Gasteiger partial charge in [-0.2, -0.15) is 0 Å². The number of pyridine rings is 1. The van der Waals surface area contributed by atoms with Crippen molar-refractivity contribution < 1.29 is 23.4 Å². The molecule has 4 rings (SSSR count). The minimum absolute atomic E-state index is 0.00795. The van der Waals surface area contributed by atoms with Crippen molar-refractivity contribution >= 4 is 28.9 Å². The van der Waals surface area contributed by atoms with Gasteiger partial charge in [-0.15, -0.1) is 0 Å². The minimum Gasteiger partial charge on any atom is -0.487 e. The van der Waals surface area contributed by atoms with Crippen LogP contribution in [0.5, 0.6) is 5.75 Å². The lowest BCUT2D eigenvalue weighted by atomic mass is 10.0. The fraction of sp³-hybridized carbons (Fsp3) is 0.280. The minimum atomic E-state index is -1.11. The molecular formula is C25H24ClF2N3O4. The quantitative estimate of drug-likeness (QED) is 0.503. The van der Waals surface area contributed by atoms with Gasteiger partial charge < -0.3 is 19.7 Å². The second-order valence-corrected chi connectivity index (χ2v) is 9.33. The first-order chi connectivity index (χ1) is 16.5. The Kier molecular flexibility index (Phi) is 6.82. The number of fused-ring (bicyclic) bond motifs is 1. The van der Waals surface area contributed by atoms with Gasteiger partial charge in [0.2, 0.25) is 5.91 Å². The van der Waals surface area contributed by atoms with Crippen molar-refractivity contribution in [3.63, 3.8) is 0 Å². The molecule has 1 aromatic heterocycles. The van der Waals surface area contributed by atoms with Crippen LogP contribution < -0.4 is 20.5 Å². The number of nitrogens with zero attached hydrogens (tertiary/aromatic N) is 2. The van der Waals surface area contributed by atoms with Crippen LogP contribution in [-0.2, 0) is 17.9 Å². The van der Waals surface area contributed by atoms with Gasteiger partial charge in [-0.05, 0) is 49.7 Å². The number of carbonyl (C=O) groups excluding carboxylic acids is 1. The number of hydrogen-bond acceptors (Lipinski definition) is 5. The molecule has 0 radical (unpaired) electrons. The molecule has 35 heavy (non-hydrogen) atoms. The monoisotopic (exact) mass is 503 g/mol. The highest BCUT2D eigenvalue weighted by molar-refractivity contribution is 6.31. The number of nitrogens with one attached hydrogen (secondary N) is 1. The van der Waals surface area contributed by atoms with E-state index in [9.17, 15) is 23.5 Å². The summed E-state index contributed by atoms with van der Waals surface area (Å²) in [6, 6.07) is 10.1. The predicted molar refractivity (Wildman–Crippen MR) is 129 cm³/mol. The maximum atomic E-state index is 13.8. The molecule has 184 valence electrons. The lowest BCUT2D eigenvalue weighted by molar-refractivity contribution is -0.122. The third-order valence-corrected chi connectivity index (χ3v) is 5.83. The maximum Gasteiger partial charge on any atom is 0.273 e. The number of hydrogen-bond donors (Lipinski definition) is 2. The van der Waals surface area contributed by atoms with E-state index >= 15 is 0 Å². The fourth-order valence-electron chi connectivity index (χ4n) is 3.75. The molecule has 7 nitrogen and oxygen atoms in total. The molecule has 1 aliphatic rings. The number of ether oxygens (including phenoxy) is 1. The first-order valence-electron chi connectivity index (χ1n) is 10.9. The Labute approximate surface area is 205 Å². The second kappa shape index (κ2) is 9.67. The zero-order chi connectivity index (χ0) is 25.3. The SMILES string of the molecule is CC(C)(O)CC(=O)N1CNc2cc(Cn3ccc(OCc4ccc(F)cc4F)c(Cl)c3=O)ccc21. The summed E-state index contributed by atoms with van der Waals surface area (Å²) < 4.78 is 33.8. The molecule has 0 saturated carbocycles. The average Bonchev–Trinajstić information content (AvgIpc) is 3.20. The molecule has 1 aliphatic heterocycles. The predicted octanol–water partition coefficient (Wildman–Crippen LogP) is 4.28. The van der Waals surface area contributed by atoms with E-state index in [1.165, 1.54) is 22.9 Å². The van der Waals surface area contributed by atoms with E-state index in [0.717, 1.165) is 23.4 Å². The number of aliphatic hydroxyl groups is 1. The number of anilines is 2. The Balaban J connectivity index is 1.47. The lowest BCUT2D eigenvalue weighted by Gasteiger charge is -2.22. The molecule has 2 aromatic carbocycles. The van der Waals surface area contributed by atoms with E-state index in [2.05, 4.69) is 5.32 Å². The summed E-state index contributed by atoms with van der Waals surface area (Å²) in [6.45, 7) is 3.46. The zero-order valence-corrected chi connectivity index (χ0v) is 19.9. The largest absolute Gasteiger partial charge is 0.487 e. The molecular weight excluding hydrogens is 480 g/mol. The van der Waals surface area contributed by atoms with Crippen molar-refractivity contribution in [1.82, 2.24) is 4.57 Å². The van der Waals surface area contributed by atoms with E-state index in [1.807, 2.05) is 6.07 Å². The highest BCUT2D eigenvalue weighted by Crippen LogP contribution is 2.33. The van der Waals surface area contributed by atoms with Crippen LogP contribution in [0.4, 0.5) is 20.2 Å². The number of carbonyl (C=O) groups is 1. The summed E-state index contributed by atoms with van der Waals surface area (Å²) in [5.74, 6) is -1.55. The molecule has 2 heterocycles. The molecule has 0 saturated heterocycles. The van der Waals surface area contributed by atoms with Gasteiger partial charge in [0.25, 0.3) is 5.56 Å². The Morgan fingerprint density at radius 2 is 1.97 bits per heavy atom. The molecule has 10 heteroatoms. The first kappa shape index (κ1) is 24.7. The van der Waals surface area contributed by atoms with Gasteiger partial charge >= 0.3 is 0 Å². The van der Waals surface area contributed by atoms with E-state index in [-0.39, 0.29) is 41.8 Å². The van der Waals surface area contributed by atoms with Crippen LogP contribution >= 0.6 is 11.6 Å². The van der Waals surface area contributed by atoms with Gasteiger partial charge in [-0.3, -0.25) is 14.5 Å². The molecule has 0 atom stereocenters. The third kappa shape index (κ3) is 5.63. The highest BCUT2D eigenvalue weighted by atomic mass is 35.5. The molecule has 3 aromatic rings. The fourth-order valence-corrected chi connectivity index (χ4v) is 3.98. The molecule has 1 amide bonds. The van der Waals surface area contributed by atoms with E-state index in [1.54, 1.807) is 30.9 Å². The summed E-state index contributed by atoms with van der Waals surface area (Å²) in [5, 5.41) is 12.9. The van der Waals surface area contributed by atoms with Crippen LogP contribution in [0, 0.1) is 11.6 Å². The molecule has 0 aliphatic carbocycles. The van der Waals surface area contributed by atoms with Crippen LogP contribution in [0.15, 0.2) is 53.5 Å². The Morgan fingerprint density at radius 3 is 2.69 bits per heavy atom. The Bertz CT molecular complexity index is 1340. The summed E-state index contributed by atoms with van der Waals surface area (Å²) in [5.41, 5.74) is 0.778. The number of aromatic nitrogens is 1. The number of benzene rings is 2. The number of amides is 1. The lowest BCUT2D eigenvalue weighted by Crippen LogP contribution is -2.36. The van der Waals surface area contributed by atoms with Crippen molar-refractivity contribution in [3.8, 4) is 5.75 Å². The van der Waals surface area contributed by atoms with Crippen LogP contribution in [0.2, 0.25) is 5.02 Å². The summed E-state index contributed by atoms with van der Waals surface area (Å²) >= 11 is 6.21. The topological polar surface area (TPSA) is 83.8 Å². The molecule has 2 N–H and O–H groups in total. The van der Waals surface area contributed by atoms with E-state index in [0.29, 0.717) is 12.4 Å². The van der Waals surface area contributed by atoms with Crippen LogP contribution in [0.1, 0.15) is 31.4 Å². The molecule has 0 unspecified atom stereocenters. The van der Waals surface area contributed by atoms with Gasteiger partial charge in [0.05, 0.1) is 36.6 Å². The highest BCUT2D eigenvalue weighted by Gasteiger charge is 2.28. The van der Waals surface area contributed by atoms with Crippen molar-refractivity contribution in [2.75, 3.05) is 16.9 Å². The van der Waals surface area contributed by atoms with Crippen molar-refractivity contribution in [2.24, 2.45) is 0 Å². The summed E-state index contributed by atoms with van der Waals surface area (Å²) in [7, 11) is 0. The molecule has 0 bridgehead atoms. The van der Waals surface area contributed by atoms with Crippen LogP contribution in [0.3, 0.4) is 0 Å². The second-order valence-electron chi connectivity index (χ2n) is 8.95. The first-order valence-corrected chi connectivity index (χ1v) is 11.2. The summed E-state index contributed by atoms with van der Waals surface area (Å²) in [4.78, 5) is 26.8. The maximum absolute atomic E-state index is 13.8. The van der Waals surface area contributed by atoms with Gasteiger partial charge in [0, 0.05) is 17.8 Å². The Hall–Kier alpha value is -3.43. The zero-order valence-electron chi connectivity index (χ0n) is 19.1. The number of rotatable bonds is 7. The van der Waals surface area contributed by atoms with Crippen LogP contribution in [-0.4, -0.2) is 27.9 Å². The van der Waals surface area contributed by atoms with E-state index < -0.39 is 22.8 Å². The van der Waals surface area contributed by atoms with E-state index in [4.69, 9.17) is 16.3 Å². The van der Waals surface area contributed by atoms with Crippen LogP contribution in [0.25, 0.3) is 0 Å². The van der Waals surface area contributed by atoms with Crippen molar-refractivity contribution in [3.05, 3.63) is 86.8 Å². The third-order valence-electron chi connectivity index (χ3n) is 5.49. The Morgan fingerprint density at radius 1 is 1.20 bits per heavy atom. The standard InChI is InChI=1S/C25H24ClF2N3O4/c1-25(2,34)11-22(32)31-14-29-19-9-15(3-6-20(19)31)12-30-8-7-21(23(26)24(30)33)35-13-16-4-5-17(27)10-18(16)28/h3-10,29,34H,11-14H2,1-2H3. The average molecular weight is 504 g/mol. The van der Waals surface area contributed by atoms with Gasteiger partial charge in [-0.25, -0.2) is 8.78 Å². The van der Waals surface area contributed by atoms with Crippen molar-refractivity contribution in [1.29, 1.82) is 0 Å². The number of halogens is 3. The summed E-state index contributed by atoms with van der Waals surface area (Å²) in [6.07, 6.45) is 1.51. The van der Waals surface area contributed by atoms with Crippen molar-refractivity contribution in [2.45, 2.75) is 39.0 Å². The normalized spacial score (nSPS) is 12.9.